The summed E-state index contributed by atoms with van der Waals surface area (Å²) in [5.74, 6) is -0.338. The maximum atomic E-state index is 12.5. The van der Waals surface area contributed by atoms with Crippen LogP contribution in [0, 0.1) is 0 Å². The van der Waals surface area contributed by atoms with Crippen molar-refractivity contribution in [3.63, 3.8) is 0 Å². The number of carbonyl (C=O) groups excluding carboxylic acids is 1. The molecular formula is C52H95NO4. The summed E-state index contributed by atoms with van der Waals surface area (Å²) in [6.07, 6.45) is 62.3. The molecule has 5 heteroatoms. The van der Waals surface area contributed by atoms with Gasteiger partial charge < -0.3 is 20.6 Å². The number of amides is 1. The molecule has 0 aliphatic heterocycles. The van der Waals surface area contributed by atoms with E-state index in [0.717, 1.165) is 57.8 Å². The van der Waals surface area contributed by atoms with Crippen LogP contribution in [0.5, 0.6) is 0 Å². The van der Waals surface area contributed by atoms with Gasteiger partial charge in [0.1, 0.15) is 0 Å². The van der Waals surface area contributed by atoms with Gasteiger partial charge in [-0.1, -0.05) is 216 Å². The first kappa shape index (κ1) is 55.0. The van der Waals surface area contributed by atoms with Crippen LogP contribution in [-0.2, 0) is 4.79 Å². The van der Waals surface area contributed by atoms with Crippen LogP contribution in [0.1, 0.15) is 239 Å². The fourth-order valence-electron chi connectivity index (χ4n) is 7.23. The number of allylic oxidation sites excluding steroid dienone is 9. The number of aliphatic hydroxyl groups excluding tert-OH is 3. The Balaban J connectivity index is 3.74. The van der Waals surface area contributed by atoms with Gasteiger partial charge in [0, 0.05) is 0 Å². The lowest BCUT2D eigenvalue weighted by atomic mass is 10.0. The molecule has 0 aromatic carbocycles. The number of hydrogen-bond donors (Lipinski definition) is 4. The largest absolute Gasteiger partial charge is 0.394 e. The third-order valence-electron chi connectivity index (χ3n) is 11.0. The number of unbranched alkanes of at least 4 members (excludes halogenated alkanes) is 27. The van der Waals surface area contributed by atoms with Crippen LogP contribution in [0.15, 0.2) is 60.8 Å². The molecular weight excluding hydrogens is 703 g/mol. The molecule has 0 saturated carbocycles. The molecule has 0 aliphatic rings. The normalized spacial score (nSPS) is 14.0. The fourth-order valence-corrected chi connectivity index (χ4v) is 7.23. The SMILES string of the molecule is CCCCCCCCCCC/C=C\C/C=C\CCCCCCCC(O)CC(=O)NC(CO)C(O)/C=C/CC/C=C/CC/C=C/CCCCCCCCCCCCC. The van der Waals surface area contributed by atoms with Crippen LogP contribution in [0.4, 0.5) is 0 Å². The average Bonchev–Trinajstić information content (AvgIpc) is 3.20. The summed E-state index contributed by atoms with van der Waals surface area (Å²) in [5, 5.41) is 33.3. The summed E-state index contributed by atoms with van der Waals surface area (Å²) in [7, 11) is 0. The molecule has 3 unspecified atom stereocenters. The van der Waals surface area contributed by atoms with Gasteiger partial charge in [0.15, 0.2) is 0 Å². The lowest BCUT2D eigenvalue weighted by molar-refractivity contribution is -0.124. The zero-order valence-electron chi connectivity index (χ0n) is 37.7. The molecule has 4 N–H and O–H groups in total. The van der Waals surface area contributed by atoms with Crippen LogP contribution in [0.3, 0.4) is 0 Å². The van der Waals surface area contributed by atoms with E-state index in [1.807, 2.05) is 6.08 Å². The van der Waals surface area contributed by atoms with Crippen LogP contribution < -0.4 is 5.32 Å². The molecule has 0 aliphatic carbocycles. The summed E-state index contributed by atoms with van der Waals surface area (Å²) >= 11 is 0. The second kappa shape index (κ2) is 46.7. The van der Waals surface area contributed by atoms with E-state index in [1.54, 1.807) is 6.08 Å². The molecule has 0 aromatic rings. The maximum absolute atomic E-state index is 12.5. The standard InChI is InChI=1S/C52H95NO4/c1-3-5-7-9-11-13-15-17-19-21-23-25-27-29-31-33-35-37-39-41-43-45-49(55)47-52(57)53-50(48-54)51(56)46-44-42-40-38-36-34-32-30-28-26-24-22-20-18-16-14-12-10-8-6-4-2/h23,25,28-31,36,38,44,46,49-51,54-56H,3-22,24,26-27,32-35,37,39-43,45,47-48H2,1-2H3,(H,53,57)/b25-23-,30-28+,31-29-,38-36+,46-44+. The highest BCUT2D eigenvalue weighted by molar-refractivity contribution is 5.76. The Labute approximate surface area is 354 Å². The van der Waals surface area contributed by atoms with E-state index in [9.17, 15) is 20.1 Å². The molecule has 57 heavy (non-hydrogen) atoms. The van der Waals surface area contributed by atoms with Crippen molar-refractivity contribution in [1.29, 1.82) is 0 Å². The molecule has 332 valence electrons. The molecule has 0 spiro atoms. The van der Waals surface area contributed by atoms with Gasteiger partial charge in [-0.05, 0) is 77.0 Å². The smallest absolute Gasteiger partial charge is 0.222 e. The number of nitrogens with one attached hydrogen (secondary N) is 1. The topological polar surface area (TPSA) is 89.8 Å². The lowest BCUT2D eigenvalue weighted by Gasteiger charge is -2.20. The van der Waals surface area contributed by atoms with Gasteiger partial charge in [0.25, 0.3) is 0 Å². The summed E-state index contributed by atoms with van der Waals surface area (Å²) < 4.78 is 0. The van der Waals surface area contributed by atoms with E-state index in [0.29, 0.717) is 6.42 Å². The van der Waals surface area contributed by atoms with Gasteiger partial charge in [0.05, 0.1) is 31.3 Å². The molecule has 0 heterocycles. The highest BCUT2D eigenvalue weighted by Gasteiger charge is 2.20. The Kier molecular flexibility index (Phi) is 45.1. The van der Waals surface area contributed by atoms with Gasteiger partial charge in [-0.15, -0.1) is 0 Å². The van der Waals surface area contributed by atoms with Gasteiger partial charge in [0.2, 0.25) is 5.91 Å². The Bertz CT molecular complexity index is 969. The highest BCUT2D eigenvalue weighted by atomic mass is 16.3. The van der Waals surface area contributed by atoms with Crippen molar-refractivity contribution in [2.45, 2.75) is 257 Å². The van der Waals surface area contributed by atoms with E-state index in [2.05, 4.69) is 67.8 Å². The Morgan fingerprint density at radius 1 is 0.456 bits per heavy atom. The fraction of sp³-hybridized carbons (Fsp3) is 0.788. The Hall–Kier alpha value is -1.95. The third kappa shape index (κ3) is 43.5. The summed E-state index contributed by atoms with van der Waals surface area (Å²) in [4.78, 5) is 12.5. The van der Waals surface area contributed by atoms with Crippen LogP contribution in [-0.4, -0.2) is 46.1 Å². The summed E-state index contributed by atoms with van der Waals surface area (Å²) in [5.41, 5.74) is 0. The van der Waals surface area contributed by atoms with E-state index in [-0.39, 0.29) is 18.9 Å². The van der Waals surface area contributed by atoms with E-state index in [1.165, 1.54) is 154 Å². The first-order chi connectivity index (χ1) is 28.0. The van der Waals surface area contributed by atoms with Gasteiger partial charge >= 0.3 is 0 Å². The molecule has 0 aromatic heterocycles. The van der Waals surface area contributed by atoms with Crippen molar-refractivity contribution in [3.8, 4) is 0 Å². The van der Waals surface area contributed by atoms with Crippen molar-refractivity contribution in [1.82, 2.24) is 5.32 Å². The minimum Gasteiger partial charge on any atom is -0.394 e. The van der Waals surface area contributed by atoms with Crippen LogP contribution >= 0.6 is 0 Å². The van der Waals surface area contributed by atoms with Gasteiger partial charge in [-0.25, -0.2) is 0 Å². The number of carbonyl (C=O) groups is 1. The van der Waals surface area contributed by atoms with Crippen molar-refractivity contribution in [2.75, 3.05) is 6.61 Å². The zero-order chi connectivity index (χ0) is 41.5. The van der Waals surface area contributed by atoms with Crippen LogP contribution in [0.2, 0.25) is 0 Å². The van der Waals surface area contributed by atoms with E-state index in [4.69, 9.17) is 0 Å². The number of aliphatic hydroxyl groups is 3. The Morgan fingerprint density at radius 3 is 1.23 bits per heavy atom. The molecule has 0 fully saturated rings. The molecule has 0 saturated heterocycles. The first-order valence-corrected chi connectivity index (χ1v) is 24.6. The summed E-state index contributed by atoms with van der Waals surface area (Å²) in [6.45, 7) is 4.20. The van der Waals surface area contributed by atoms with E-state index < -0.39 is 18.2 Å². The lowest BCUT2D eigenvalue weighted by Crippen LogP contribution is -2.45. The second-order valence-electron chi connectivity index (χ2n) is 16.7. The first-order valence-electron chi connectivity index (χ1n) is 24.6. The maximum Gasteiger partial charge on any atom is 0.222 e. The molecule has 0 rings (SSSR count). The zero-order valence-corrected chi connectivity index (χ0v) is 37.7. The molecule has 3 atom stereocenters. The molecule has 0 radical (unpaired) electrons. The summed E-state index contributed by atoms with van der Waals surface area (Å²) in [6, 6.07) is -0.775. The quantitative estimate of drug-likeness (QED) is 0.0365. The van der Waals surface area contributed by atoms with Crippen molar-refractivity contribution >= 4 is 5.91 Å². The monoisotopic (exact) mass is 798 g/mol. The Morgan fingerprint density at radius 2 is 0.807 bits per heavy atom. The van der Waals surface area contributed by atoms with Gasteiger partial charge in [-0.2, -0.15) is 0 Å². The minimum atomic E-state index is -0.966. The average molecular weight is 798 g/mol. The van der Waals surface area contributed by atoms with Gasteiger partial charge in [-0.3, -0.25) is 4.79 Å². The minimum absolute atomic E-state index is 0.00922. The van der Waals surface area contributed by atoms with Crippen LogP contribution in [0.25, 0.3) is 0 Å². The van der Waals surface area contributed by atoms with E-state index >= 15 is 0 Å². The molecule has 0 bridgehead atoms. The second-order valence-corrected chi connectivity index (χ2v) is 16.7. The predicted molar refractivity (Wildman–Crippen MR) is 250 cm³/mol. The number of hydrogen-bond acceptors (Lipinski definition) is 4. The highest BCUT2D eigenvalue weighted by Crippen LogP contribution is 2.14. The molecule has 1 amide bonds. The number of rotatable bonds is 44. The molecule has 5 nitrogen and oxygen atoms in total. The predicted octanol–water partition coefficient (Wildman–Crippen LogP) is 14.7. The third-order valence-corrected chi connectivity index (χ3v) is 11.0. The van der Waals surface area contributed by atoms with Crippen molar-refractivity contribution in [2.24, 2.45) is 0 Å². The van der Waals surface area contributed by atoms with Crippen molar-refractivity contribution < 1.29 is 20.1 Å². The van der Waals surface area contributed by atoms with Crippen molar-refractivity contribution in [3.05, 3.63) is 60.8 Å².